The summed E-state index contributed by atoms with van der Waals surface area (Å²) in [4.78, 5) is 11.9. The molecule has 130 valence electrons. The van der Waals surface area contributed by atoms with Crippen LogP contribution >= 0.6 is 11.3 Å². The smallest absolute Gasteiger partial charge is 0.226 e. The average molecular weight is 347 g/mol. The van der Waals surface area contributed by atoms with E-state index >= 15 is 0 Å². The van der Waals surface area contributed by atoms with Crippen LogP contribution in [-0.4, -0.2) is 29.3 Å². The van der Waals surface area contributed by atoms with E-state index in [0.29, 0.717) is 37.1 Å². The number of anilines is 1. The van der Waals surface area contributed by atoms with E-state index in [1.54, 1.807) is 0 Å². The second-order valence-electron chi connectivity index (χ2n) is 6.10. The van der Waals surface area contributed by atoms with Crippen LogP contribution in [0.1, 0.15) is 37.3 Å². The number of rotatable bonds is 10. The number of aromatic nitrogens is 2. The Bertz CT molecular complexity index is 614. The van der Waals surface area contributed by atoms with Crippen molar-refractivity contribution in [3.63, 3.8) is 0 Å². The standard InChI is InChI=1S/C18H25N3O2S/c1-14(2)13-17-20-21-18(24-17)19-16(22)9-6-11-23-12-10-15-7-4-3-5-8-15/h3-5,7-8,14H,6,9-13H2,1-2H3,(H,19,21,22). The summed E-state index contributed by atoms with van der Waals surface area (Å²) in [6.45, 7) is 5.55. The summed E-state index contributed by atoms with van der Waals surface area (Å²) in [6.07, 6.45) is 2.93. The van der Waals surface area contributed by atoms with E-state index in [2.05, 4.69) is 41.5 Å². The van der Waals surface area contributed by atoms with Gasteiger partial charge < -0.3 is 10.1 Å². The summed E-state index contributed by atoms with van der Waals surface area (Å²) in [6, 6.07) is 10.2. The van der Waals surface area contributed by atoms with Gasteiger partial charge in [0.25, 0.3) is 0 Å². The molecule has 0 fully saturated rings. The molecule has 1 heterocycles. The molecule has 0 aliphatic heterocycles. The number of benzene rings is 1. The van der Waals surface area contributed by atoms with Gasteiger partial charge in [-0.25, -0.2) is 0 Å². The van der Waals surface area contributed by atoms with Crippen molar-refractivity contribution >= 4 is 22.4 Å². The van der Waals surface area contributed by atoms with Gasteiger partial charge in [0, 0.05) is 19.4 Å². The fourth-order valence-corrected chi connectivity index (χ4v) is 3.16. The molecule has 0 spiro atoms. The van der Waals surface area contributed by atoms with Crippen LogP contribution < -0.4 is 5.32 Å². The number of ether oxygens (including phenoxy) is 1. The molecule has 0 bridgehead atoms. The van der Waals surface area contributed by atoms with Crippen molar-refractivity contribution in [3.05, 3.63) is 40.9 Å². The van der Waals surface area contributed by atoms with Crippen molar-refractivity contribution in [1.29, 1.82) is 0 Å². The van der Waals surface area contributed by atoms with Gasteiger partial charge in [-0.15, -0.1) is 10.2 Å². The molecular formula is C18H25N3O2S. The highest BCUT2D eigenvalue weighted by atomic mass is 32.1. The summed E-state index contributed by atoms with van der Waals surface area (Å²) in [5.41, 5.74) is 1.27. The number of carbonyl (C=O) groups is 1. The lowest BCUT2D eigenvalue weighted by molar-refractivity contribution is -0.116. The van der Waals surface area contributed by atoms with Gasteiger partial charge in [-0.05, 0) is 24.3 Å². The fraction of sp³-hybridized carbons (Fsp3) is 0.500. The van der Waals surface area contributed by atoms with E-state index in [1.165, 1.54) is 16.9 Å². The van der Waals surface area contributed by atoms with Crippen LogP contribution in [0.5, 0.6) is 0 Å². The number of hydrogen-bond donors (Lipinski definition) is 1. The van der Waals surface area contributed by atoms with Crippen molar-refractivity contribution in [2.45, 2.75) is 39.5 Å². The molecule has 0 saturated heterocycles. The first-order valence-corrected chi connectivity index (χ1v) is 9.19. The van der Waals surface area contributed by atoms with Gasteiger partial charge in [-0.3, -0.25) is 4.79 Å². The highest BCUT2D eigenvalue weighted by Crippen LogP contribution is 2.18. The lowest BCUT2D eigenvalue weighted by atomic mass is 10.1. The zero-order valence-corrected chi connectivity index (χ0v) is 15.1. The Morgan fingerprint density at radius 1 is 1.21 bits per heavy atom. The predicted molar refractivity (Wildman–Crippen MR) is 97.3 cm³/mol. The molecule has 5 nitrogen and oxygen atoms in total. The molecule has 0 radical (unpaired) electrons. The average Bonchev–Trinajstić information content (AvgIpc) is 2.97. The Kier molecular flexibility index (Phi) is 7.85. The second kappa shape index (κ2) is 10.2. The number of nitrogens with one attached hydrogen (secondary N) is 1. The van der Waals surface area contributed by atoms with Crippen LogP contribution in [0.25, 0.3) is 0 Å². The first-order valence-electron chi connectivity index (χ1n) is 8.37. The van der Waals surface area contributed by atoms with E-state index in [9.17, 15) is 4.79 Å². The Morgan fingerprint density at radius 2 is 2.00 bits per heavy atom. The second-order valence-corrected chi connectivity index (χ2v) is 7.16. The van der Waals surface area contributed by atoms with E-state index < -0.39 is 0 Å². The molecule has 6 heteroatoms. The lowest BCUT2D eigenvalue weighted by Gasteiger charge is -2.04. The van der Waals surface area contributed by atoms with Gasteiger partial charge in [0.15, 0.2) is 0 Å². The minimum atomic E-state index is -0.0334. The summed E-state index contributed by atoms with van der Waals surface area (Å²) in [7, 11) is 0. The van der Waals surface area contributed by atoms with Crippen molar-refractivity contribution in [3.8, 4) is 0 Å². The summed E-state index contributed by atoms with van der Waals surface area (Å²) < 4.78 is 5.58. The minimum Gasteiger partial charge on any atom is -0.381 e. The zero-order chi connectivity index (χ0) is 17.2. The maximum Gasteiger partial charge on any atom is 0.226 e. The topological polar surface area (TPSA) is 64.1 Å². The third kappa shape index (κ3) is 7.19. The number of amides is 1. The van der Waals surface area contributed by atoms with Crippen LogP contribution in [0.15, 0.2) is 30.3 Å². The number of nitrogens with zero attached hydrogens (tertiary/aromatic N) is 2. The molecular weight excluding hydrogens is 322 g/mol. The number of carbonyl (C=O) groups excluding carboxylic acids is 1. The van der Waals surface area contributed by atoms with Gasteiger partial charge in [0.1, 0.15) is 5.01 Å². The molecule has 0 aliphatic rings. The summed E-state index contributed by atoms with van der Waals surface area (Å²) in [5.74, 6) is 0.503. The molecule has 24 heavy (non-hydrogen) atoms. The Morgan fingerprint density at radius 3 is 2.75 bits per heavy atom. The third-order valence-electron chi connectivity index (χ3n) is 3.37. The van der Waals surface area contributed by atoms with Crippen molar-refractivity contribution in [1.82, 2.24) is 10.2 Å². The van der Waals surface area contributed by atoms with E-state index in [-0.39, 0.29) is 5.91 Å². The first kappa shape index (κ1) is 18.5. The zero-order valence-electron chi connectivity index (χ0n) is 14.3. The Balaban J connectivity index is 1.55. The van der Waals surface area contributed by atoms with E-state index in [1.807, 2.05) is 18.2 Å². The highest BCUT2D eigenvalue weighted by Gasteiger charge is 2.09. The molecule has 1 amide bonds. The molecule has 1 N–H and O–H groups in total. The minimum absolute atomic E-state index is 0.0334. The molecule has 0 unspecified atom stereocenters. The first-order chi connectivity index (χ1) is 11.6. The van der Waals surface area contributed by atoms with Crippen molar-refractivity contribution < 1.29 is 9.53 Å². The van der Waals surface area contributed by atoms with Crippen molar-refractivity contribution in [2.75, 3.05) is 18.5 Å². The molecule has 2 aromatic rings. The third-order valence-corrected chi connectivity index (χ3v) is 4.23. The molecule has 0 atom stereocenters. The monoisotopic (exact) mass is 347 g/mol. The normalized spacial score (nSPS) is 11.0. The quantitative estimate of drug-likeness (QED) is 0.665. The Hall–Kier alpha value is -1.79. The fourth-order valence-electron chi connectivity index (χ4n) is 2.19. The van der Waals surface area contributed by atoms with E-state index in [4.69, 9.17) is 4.74 Å². The van der Waals surface area contributed by atoms with Gasteiger partial charge in [-0.1, -0.05) is 55.5 Å². The van der Waals surface area contributed by atoms with Crippen LogP contribution in [0.3, 0.4) is 0 Å². The van der Waals surface area contributed by atoms with Crippen molar-refractivity contribution in [2.24, 2.45) is 5.92 Å². The predicted octanol–water partition coefficient (Wildman–Crippen LogP) is 3.71. The maximum absolute atomic E-state index is 11.9. The molecule has 0 saturated carbocycles. The molecule has 1 aromatic heterocycles. The van der Waals surface area contributed by atoms with Crippen LogP contribution in [0.2, 0.25) is 0 Å². The van der Waals surface area contributed by atoms with Crippen LogP contribution in [0, 0.1) is 5.92 Å². The SMILES string of the molecule is CC(C)Cc1nnc(NC(=O)CCCOCCc2ccccc2)s1. The van der Waals surface area contributed by atoms with Crippen LogP contribution in [0.4, 0.5) is 5.13 Å². The molecule has 0 aliphatic carbocycles. The van der Waals surface area contributed by atoms with Gasteiger partial charge in [0.2, 0.25) is 11.0 Å². The van der Waals surface area contributed by atoms with Gasteiger partial charge >= 0.3 is 0 Å². The lowest BCUT2D eigenvalue weighted by Crippen LogP contribution is -2.12. The van der Waals surface area contributed by atoms with Gasteiger partial charge in [0.05, 0.1) is 6.61 Å². The maximum atomic E-state index is 11.9. The summed E-state index contributed by atoms with van der Waals surface area (Å²) in [5, 5.41) is 12.4. The van der Waals surface area contributed by atoms with E-state index in [0.717, 1.165) is 17.8 Å². The molecule has 2 rings (SSSR count). The number of hydrogen-bond acceptors (Lipinski definition) is 5. The highest BCUT2D eigenvalue weighted by molar-refractivity contribution is 7.15. The Labute approximate surface area is 147 Å². The van der Waals surface area contributed by atoms with Crippen LogP contribution in [-0.2, 0) is 22.4 Å². The molecule has 1 aromatic carbocycles. The van der Waals surface area contributed by atoms with Gasteiger partial charge in [-0.2, -0.15) is 0 Å². The summed E-state index contributed by atoms with van der Waals surface area (Å²) >= 11 is 1.45. The largest absolute Gasteiger partial charge is 0.381 e.